The Hall–Kier alpha value is -1.07. The van der Waals surface area contributed by atoms with E-state index in [2.05, 4.69) is 0 Å². The van der Waals surface area contributed by atoms with Crippen LogP contribution in [0.1, 0.15) is 24.5 Å². The third kappa shape index (κ3) is 4.31. The van der Waals surface area contributed by atoms with Crippen LogP contribution < -0.4 is 10.5 Å². The van der Waals surface area contributed by atoms with Crippen LogP contribution in [0.15, 0.2) is 18.2 Å². The number of aryl methyl sites for hydroxylation is 1. The number of rotatable bonds is 7. The van der Waals surface area contributed by atoms with Gasteiger partial charge in [-0.05, 0) is 18.9 Å². The number of ether oxygens (including phenoxy) is 1. The topological polar surface area (TPSA) is 69.4 Å². The van der Waals surface area contributed by atoms with Crippen molar-refractivity contribution in [1.82, 2.24) is 0 Å². The number of sulfone groups is 1. The van der Waals surface area contributed by atoms with Crippen LogP contribution in [0.3, 0.4) is 0 Å². The lowest BCUT2D eigenvalue weighted by atomic mass is 10.1. The fourth-order valence-electron chi connectivity index (χ4n) is 1.68. The van der Waals surface area contributed by atoms with Crippen LogP contribution in [0.2, 0.25) is 0 Å². The van der Waals surface area contributed by atoms with Gasteiger partial charge in [0, 0.05) is 17.9 Å². The maximum absolute atomic E-state index is 11.3. The van der Waals surface area contributed by atoms with E-state index in [-0.39, 0.29) is 11.5 Å². The highest BCUT2D eigenvalue weighted by Gasteiger charge is 2.08. The van der Waals surface area contributed by atoms with E-state index < -0.39 is 9.84 Å². The first-order valence-corrected chi connectivity index (χ1v) is 7.94. The van der Waals surface area contributed by atoms with E-state index in [1.54, 1.807) is 6.92 Å². The van der Waals surface area contributed by atoms with Crippen molar-refractivity contribution in [2.75, 3.05) is 18.1 Å². The van der Waals surface area contributed by atoms with Gasteiger partial charge in [0.15, 0.2) is 0 Å². The van der Waals surface area contributed by atoms with Gasteiger partial charge in [0.1, 0.15) is 15.6 Å². The highest BCUT2D eigenvalue weighted by atomic mass is 32.2. The van der Waals surface area contributed by atoms with E-state index in [0.29, 0.717) is 19.6 Å². The molecule has 0 bridgehead atoms. The zero-order valence-corrected chi connectivity index (χ0v) is 11.8. The normalized spacial score (nSPS) is 11.5. The molecule has 0 aliphatic carbocycles. The van der Waals surface area contributed by atoms with Crippen molar-refractivity contribution in [2.24, 2.45) is 5.73 Å². The largest absolute Gasteiger partial charge is 0.493 e. The summed E-state index contributed by atoms with van der Waals surface area (Å²) in [6.07, 6.45) is 0.508. The van der Waals surface area contributed by atoms with Gasteiger partial charge in [-0.2, -0.15) is 0 Å². The van der Waals surface area contributed by atoms with Crippen LogP contribution in [0, 0.1) is 6.92 Å². The molecule has 0 spiro atoms. The number of benzene rings is 1. The molecule has 0 aliphatic heterocycles. The molecule has 0 amide bonds. The summed E-state index contributed by atoms with van der Waals surface area (Å²) >= 11 is 0. The van der Waals surface area contributed by atoms with Gasteiger partial charge >= 0.3 is 0 Å². The Balaban J connectivity index is 2.54. The van der Waals surface area contributed by atoms with Crippen LogP contribution in [-0.4, -0.2) is 26.5 Å². The minimum absolute atomic E-state index is 0.174. The van der Waals surface area contributed by atoms with E-state index >= 15 is 0 Å². The van der Waals surface area contributed by atoms with Crippen LogP contribution >= 0.6 is 0 Å². The van der Waals surface area contributed by atoms with E-state index in [0.717, 1.165) is 16.9 Å². The van der Waals surface area contributed by atoms with Crippen molar-refractivity contribution >= 4 is 9.84 Å². The van der Waals surface area contributed by atoms with Gasteiger partial charge in [-0.15, -0.1) is 0 Å². The van der Waals surface area contributed by atoms with E-state index in [4.69, 9.17) is 10.5 Å². The number of hydrogen-bond donors (Lipinski definition) is 1. The second-order valence-corrected chi connectivity index (χ2v) is 6.68. The second kappa shape index (κ2) is 6.75. The quantitative estimate of drug-likeness (QED) is 0.766. The molecule has 0 atom stereocenters. The third-order valence-corrected chi connectivity index (χ3v) is 4.59. The van der Waals surface area contributed by atoms with Crippen molar-refractivity contribution in [3.63, 3.8) is 0 Å². The zero-order valence-electron chi connectivity index (χ0n) is 11.0. The molecule has 0 saturated heterocycles. The van der Waals surface area contributed by atoms with Crippen molar-refractivity contribution in [3.05, 3.63) is 29.3 Å². The summed E-state index contributed by atoms with van der Waals surface area (Å²) < 4.78 is 28.3. The molecule has 0 heterocycles. The molecule has 1 aromatic rings. The molecule has 1 rings (SSSR count). The van der Waals surface area contributed by atoms with Crippen molar-refractivity contribution in [2.45, 2.75) is 26.8 Å². The van der Waals surface area contributed by atoms with E-state index in [1.807, 2.05) is 25.1 Å². The zero-order chi connectivity index (χ0) is 13.6. The van der Waals surface area contributed by atoms with Crippen LogP contribution in [0.4, 0.5) is 0 Å². The Labute approximate surface area is 109 Å². The minimum atomic E-state index is -2.90. The number of para-hydroxylation sites is 1. The molecule has 0 unspecified atom stereocenters. The summed E-state index contributed by atoms with van der Waals surface area (Å²) in [5, 5.41) is 0. The molecular formula is C13H21NO3S. The first-order chi connectivity index (χ1) is 8.50. The fourth-order valence-corrected chi connectivity index (χ4v) is 2.52. The Morgan fingerprint density at radius 3 is 2.67 bits per heavy atom. The van der Waals surface area contributed by atoms with Crippen molar-refractivity contribution in [1.29, 1.82) is 0 Å². The molecule has 1 aromatic carbocycles. The van der Waals surface area contributed by atoms with Gasteiger partial charge in [0.05, 0.1) is 12.4 Å². The number of hydrogen-bond acceptors (Lipinski definition) is 4. The third-order valence-electron chi connectivity index (χ3n) is 2.80. The number of nitrogens with two attached hydrogens (primary N) is 1. The lowest BCUT2D eigenvalue weighted by Gasteiger charge is -2.13. The summed E-state index contributed by atoms with van der Waals surface area (Å²) in [5.74, 6) is 1.15. The molecule has 0 fully saturated rings. The predicted octanol–water partition coefficient (Wildman–Crippen LogP) is 1.66. The Bertz CT molecular complexity index is 483. The molecule has 5 heteroatoms. The predicted molar refractivity (Wildman–Crippen MR) is 73.5 cm³/mol. The monoisotopic (exact) mass is 271 g/mol. The first-order valence-electron chi connectivity index (χ1n) is 6.12. The highest BCUT2D eigenvalue weighted by Crippen LogP contribution is 2.23. The van der Waals surface area contributed by atoms with Gasteiger partial charge in [-0.3, -0.25) is 0 Å². The minimum Gasteiger partial charge on any atom is -0.493 e. The SMILES string of the molecule is CCS(=O)(=O)CCCOc1c(C)cccc1CN. The molecule has 0 radical (unpaired) electrons. The second-order valence-electron chi connectivity index (χ2n) is 4.21. The molecule has 0 aromatic heterocycles. The maximum Gasteiger partial charge on any atom is 0.150 e. The smallest absolute Gasteiger partial charge is 0.150 e. The van der Waals surface area contributed by atoms with Gasteiger partial charge in [-0.25, -0.2) is 8.42 Å². The Morgan fingerprint density at radius 1 is 1.33 bits per heavy atom. The summed E-state index contributed by atoms with van der Waals surface area (Å²) in [7, 11) is -2.90. The maximum atomic E-state index is 11.3. The summed E-state index contributed by atoms with van der Waals surface area (Å²) in [4.78, 5) is 0. The van der Waals surface area contributed by atoms with Gasteiger partial charge in [0.2, 0.25) is 0 Å². The molecule has 102 valence electrons. The Kier molecular flexibility index (Phi) is 5.62. The lowest BCUT2D eigenvalue weighted by Crippen LogP contribution is -2.12. The average molecular weight is 271 g/mol. The summed E-state index contributed by atoms with van der Waals surface area (Å²) in [5.41, 5.74) is 7.62. The van der Waals surface area contributed by atoms with Crippen molar-refractivity contribution in [3.8, 4) is 5.75 Å². The van der Waals surface area contributed by atoms with Crippen molar-refractivity contribution < 1.29 is 13.2 Å². The Morgan fingerprint density at radius 2 is 2.06 bits per heavy atom. The van der Waals surface area contributed by atoms with E-state index in [1.165, 1.54) is 0 Å². The van der Waals surface area contributed by atoms with Gasteiger partial charge in [0.25, 0.3) is 0 Å². The molecule has 18 heavy (non-hydrogen) atoms. The summed E-state index contributed by atoms with van der Waals surface area (Å²) in [6.45, 7) is 4.43. The highest BCUT2D eigenvalue weighted by molar-refractivity contribution is 7.91. The molecular weight excluding hydrogens is 250 g/mol. The van der Waals surface area contributed by atoms with Gasteiger partial charge < -0.3 is 10.5 Å². The molecule has 2 N–H and O–H groups in total. The molecule has 0 aliphatic rings. The van der Waals surface area contributed by atoms with Crippen LogP contribution in [0.25, 0.3) is 0 Å². The van der Waals surface area contributed by atoms with Gasteiger partial charge in [-0.1, -0.05) is 25.1 Å². The van der Waals surface area contributed by atoms with Crippen LogP contribution in [-0.2, 0) is 16.4 Å². The molecule has 0 saturated carbocycles. The molecule has 4 nitrogen and oxygen atoms in total. The summed E-state index contributed by atoms with van der Waals surface area (Å²) in [6, 6.07) is 5.81. The van der Waals surface area contributed by atoms with Crippen LogP contribution in [0.5, 0.6) is 5.75 Å². The standard InChI is InChI=1S/C13H21NO3S/c1-3-18(15,16)9-5-8-17-13-11(2)6-4-7-12(13)10-14/h4,6-7H,3,5,8-10,14H2,1-2H3. The first kappa shape index (κ1) is 15.0. The lowest BCUT2D eigenvalue weighted by molar-refractivity contribution is 0.312. The average Bonchev–Trinajstić information content (AvgIpc) is 2.36. The van der Waals surface area contributed by atoms with E-state index in [9.17, 15) is 8.42 Å². The fraction of sp³-hybridized carbons (Fsp3) is 0.538.